The lowest BCUT2D eigenvalue weighted by Crippen LogP contribution is -2.30. The van der Waals surface area contributed by atoms with Crippen molar-refractivity contribution < 1.29 is 0 Å². The average molecular weight is 336 g/mol. The molecule has 25 heavy (non-hydrogen) atoms. The summed E-state index contributed by atoms with van der Waals surface area (Å²) in [5.41, 5.74) is 11.4. The first-order valence-electron chi connectivity index (χ1n) is 8.95. The van der Waals surface area contributed by atoms with Crippen LogP contribution < -0.4 is 16.3 Å². The summed E-state index contributed by atoms with van der Waals surface area (Å²) in [5.74, 6) is 0. The Bertz CT molecular complexity index is 593. The van der Waals surface area contributed by atoms with E-state index in [1.807, 2.05) is 48.6 Å². The van der Waals surface area contributed by atoms with E-state index in [1.165, 1.54) is 24.8 Å². The van der Waals surface area contributed by atoms with Gasteiger partial charge in [0.2, 0.25) is 0 Å². The number of allylic oxidation sites excluding steroid dienone is 7. The molecule has 0 unspecified atom stereocenters. The van der Waals surface area contributed by atoms with Gasteiger partial charge in [-0.1, -0.05) is 67.2 Å². The third kappa shape index (κ3) is 8.84. The zero-order chi connectivity index (χ0) is 17.4. The van der Waals surface area contributed by atoms with Gasteiger partial charge < -0.3 is 0 Å². The molecular formula is C21H28N4. The molecule has 0 atom stereocenters. The topological polar surface area (TPSA) is 48.5 Å². The maximum Gasteiger partial charge on any atom is 0.0634 e. The second kappa shape index (κ2) is 12.9. The number of benzene rings is 1. The maximum atomic E-state index is 3.95. The zero-order valence-electron chi connectivity index (χ0n) is 14.7. The van der Waals surface area contributed by atoms with E-state index in [-0.39, 0.29) is 0 Å². The number of hydrogen-bond donors (Lipinski definition) is 3. The summed E-state index contributed by atoms with van der Waals surface area (Å²) in [7, 11) is 0. The summed E-state index contributed by atoms with van der Waals surface area (Å²) in [5, 5.41) is 3.95. The third-order valence-corrected chi connectivity index (χ3v) is 3.69. The van der Waals surface area contributed by atoms with E-state index in [0.717, 1.165) is 25.2 Å². The third-order valence-electron chi connectivity index (χ3n) is 3.69. The van der Waals surface area contributed by atoms with Gasteiger partial charge in [0.25, 0.3) is 0 Å². The molecule has 0 radical (unpaired) electrons. The van der Waals surface area contributed by atoms with Crippen LogP contribution in [0.25, 0.3) is 6.08 Å². The number of rotatable bonds is 0. The minimum Gasteiger partial charge on any atom is -0.278 e. The van der Waals surface area contributed by atoms with Gasteiger partial charge in [-0.2, -0.15) is 5.10 Å². The SMILES string of the molecule is C1=CC=CCC=C1.C1=Cc2ccccc2NN=C1.C1CCNNCC1. The van der Waals surface area contributed by atoms with Gasteiger partial charge in [0, 0.05) is 19.3 Å². The first kappa shape index (κ1) is 18.9. The molecule has 2 heterocycles. The fraction of sp³-hybridized carbons (Fsp3) is 0.286. The van der Waals surface area contributed by atoms with E-state index in [0.29, 0.717) is 0 Å². The largest absolute Gasteiger partial charge is 0.278 e. The molecular weight excluding hydrogens is 308 g/mol. The highest BCUT2D eigenvalue weighted by molar-refractivity contribution is 5.83. The monoisotopic (exact) mass is 336 g/mol. The molecule has 0 saturated carbocycles. The minimum atomic E-state index is 1.05. The van der Waals surface area contributed by atoms with Crippen LogP contribution in [0, 0.1) is 0 Å². The second-order valence-electron chi connectivity index (χ2n) is 5.73. The van der Waals surface area contributed by atoms with Gasteiger partial charge in [-0.3, -0.25) is 16.3 Å². The molecule has 3 aliphatic rings. The van der Waals surface area contributed by atoms with Crippen LogP contribution in [0.3, 0.4) is 0 Å². The Kier molecular flexibility index (Phi) is 9.77. The van der Waals surface area contributed by atoms with Crippen LogP contribution in [0.1, 0.15) is 31.2 Å². The Balaban J connectivity index is 0.000000142. The molecule has 1 saturated heterocycles. The molecule has 3 N–H and O–H groups in total. The summed E-state index contributed by atoms with van der Waals surface area (Å²) in [4.78, 5) is 0. The molecule has 0 amide bonds. The van der Waals surface area contributed by atoms with Gasteiger partial charge in [0.1, 0.15) is 0 Å². The number of nitrogens with zero attached hydrogens (tertiary/aromatic N) is 1. The predicted molar refractivity (Wildman–Crippen MR) is 109 cm³/mol. The molecule has 0 aromatic heterocycles. The number of hydrazine groups is 1. The molecule has 2 aliphatic heterocycles. The van der Waals surface area contributed by atoms with Crippen molar-refractivity contribution in [3.63, 3.8) is 0 Å². The number of hydrazone groups is 1. The Morgan fingerprint density at radius 1 is 0.760 bits per heavy atom. The Hall–Kier alpha value is -2.43. The van der Waals surface area contributed by atoms with E-state index in [2.05, 4.69) is 45.7 Å². The van der Waals surface area contributed by atoms with Gasteiger partial charge in [0.15, 0.2) is 0 Å². The fourth-order valence-electron chi connectivity index (χ4n) is 2.34. The lowest BCUT2D eigenvalue weighted by atomic mass is 10.2. The Morgan fingerprint density at radius 3 is 2.24 bits per heavy atom. The summed E-state index contributed by atoms with van der Waals surface area (Å²) in [6.45, 7) is 2.28. The highest BCUT2D eigenvalue weighted by Crippen LogP contribution is 2.17. The zero-order valence-corrected chi connectivity index (χ0v) is 14.7. The molecule has 0 spiro atoms. The first-order chi connectivity index (χ1) is 12.5. The summed E-state index contributed by atoms with van der Waals surface area (Å²) in [6, 6.07) is 8.05. The van der Waals surface area contributed by atoms with Crippen molar-refractivity contribution in [1.29, 1.82) is 0 Å². The molecule has 4 rings (SSSR count). The quantitative estimate of drug-likeness (QED) is 0.657. The lowest BCUT2D eigenvalue weighted by Gasteiger charge is -2.00. The van der Waals surface area contributed by atoms with Crippen molar-refractivity contribution in [3.05, 3.63) is 72.4 Å². The minimum absolute atomic E-state index is 1.05. The molecule has 1 aromatic carbocycles. The van der Waals surface area contributed by atoms with Crippen LogP contribution in [0.5, 0.6) is 0 Å². The van der Waals surface area contributed by atoms with Crippen molar-refractivity contribution in [2.75, 3.05) is 18.5 Å². The number of nitrogens with one attached hydrogen (secondary N) is 3. The van der Waals surface area contributed by atoms with E-state index in [4.69, 9.17) is 0 Å². The van der Waals surface area contributed by atoms with Crippen molar-refractivity contribution in [2.45, 2.75) is 25.7 Å². The van der Waals surface area contributed by atoms with Crippen LogP contribution >= 0.6 is 0 Å². The van der Waals surface area contributed by atoms with Gasteiger partial charge in [-0.25, -0.2) is 0 Å². The summed E-state index contributed by atoms with van der Waals surface area (Å²) < 4.78 is 0. The van der Waals surface area contributed by atoms with Crippen molar-refractivity contribution in [3.8, 4) is 0 Å². The molecule has 4 nitrogen and oxygen atoms in total. The van der Waals surface area contributed by atoms with Crippen LogP contribution in [-0.4, -0.2) is 19.3 Å². The molecule has 1 aliphatic carbocycles. The van der Waals surface area contributed by atoms with Crippen molar-refractivity contribution in [1.82, 2.24) is 10.9 Å². The summed E-state index contributed by atoms with van der Waals surface area (Å²) in [6.07, 6.45) is 23.2. The highest BCUT2D eigenvalue weighted by atomic mass is 15.3. The van der Waals surface area contributed by atoms with Gasteiger partial charge in [-0.05, 0) is 37.0 Å². The number of anilines is 1. The first-order valence-corrected chi connectivity index (χ1v) is 8.95. The standard InChI is InChI=1S/C9H8N2.C7H8.C5H12N2/c1-2-6-9-8(4-1)5-3-7-10-11-9;2*1-2-4-6-7-5-3-1/h1-7,11H;1-6H,7H2;6-7H,1-5H2. The predicted octanol–water partition coefficient (Wildman–Crippen LogP) is 4.43. The molecule has 1 fully saturated rings. The van der Waals surface area contributed by atoms with Gasteiger partial charge >= 0.3 is 0 Å². The van der Waals surface area contributed by atoms with Crippen LogP contribution in [0.4, 0.5) is 5.69 Å². The van der Waals surface area contributed by atoms with Crippen LogP contribution in [0.15, 0.2) is 71.9 Å². The fourth-order valence-corrected chi connectivity index (χ4v) is 2.34. The highest BCUT2D eigenvalue weighted by Gasteiger charge is 1.96. The van der Waals surface area contributed by atoms with Crippen LogP contribution in [-0.2, 0) is 0 Å². The number of fused-ring (bicyclic) bond motifs is 1. The lowest BCUT2D eigenvalue weighted by molar-refractivity contribution is 0.573. The maximum absolute atomic E-state index is 3.95. The second-order valence-corrected chi connectivity index (χ2v) is 5.73. The molecule has 1 aromatic rings. The van der Waals surface area contributed by atoms with E-state index >= 15 is 0 Å². The Labute approximate surface area is 151 Å². The number of para-hydroxylation sites is 1. The van der Waals surface area contributed by atoms with Crippen LogP contribution in [0.2, 0.25) is 0 Å². The van der Waals surface area contributed by atoms with E-state index in [9.17, 15) is 0 Å². The van der Waals surface area contributed by atoms with Crippen molar-refractivity contribution >= 4 is 18.0 Å². The van der Waals surface area contributed by atoms with Gasteiger partial charge in [0.05, 0.1) is 5.69 Å². The normalized spacial score (nSPS) is 17.4. The molecule has 0 bridgehead atoms. The van der Waals surface area contributed by atoms with E-state index in [1.54, 1.807) is 6.21 Å². The van der Waals surface area contributed by atoms with Gasteiger partial charge in [-0.15, -0.1) is 0 Å². The summed E-state index contributed by atoms with van der Waals surface area (Å²) >= 11 is 0. The van der Waals surface area contributed by atoms with E-state index < -0.39 is 0 Å². The Morgan fingerprint density at radius 2 is 1.48 bits per heavy atom. The molecule has 4 heteroatoms. The smallest absolute Gasteiger partial charge is 0.0634 e. The molecule has 132 valence electrons. The average Bonchev–Trinajstić information content (AvgIpc) is 3.20. The number of hydrogen-bond acceptors (Lipinski definition) is 4. The van der Waals surface area contributed by atoms with Crippen molar-refractivity contribution in [2.24, 2.45) is 5.10 Å².